The first-order valence-electron chi connectivity index (χ1n) is 3.98. The Kier molecular flexibility index (Phi) is 1.89. The maximum atomic E-state index is 10.9. The number of rotatable bonds is 1. The summed E-state index contributed by atoms with van der Waals surface area (Å²) in [4.78, 5) is 14.9. The van der Waals surface area contributed by atoms with E-state index in [1.165, 1.54) is 11.3 Å². The molecule has 0 aliphatic carbocycles. The lowest BCUT2D eigenvalue weighted by Gasteiger charge is -1.97. The molecule has 0 saturated heterocycles. The molecule has 0 aliphatic heterocycles. The van der Waals surface area contributed by atoms with Gasteiger partial charge in [-0.05, 0) is 18.6 Å². The van der Waals surface area contributed by atoms with Crippen molar-refractivity contribution in [1.29, 1.82) is 0 Å². The van der Waals surface area contributed by atoms with Crippen molar-refractivity contribution < 1.29 is 9.90 Å². The fourth-order valence-electron chi connectivity index (χ4n) is 1.32. The van der Waals surface area contributed by atoms with Crippen molar-refractivity contribution in [3.63, 3.8) is 0 Å². The largest absolute Gasteiger partial charge is 0.478 e. The number of nitrogen functional groups attached to an aromatic ring is 1. The van der Waals surface area contributed by atoms with Crippen LogP contribution in [0.4, 0.5) is 5.13 Å². The quantitative estimate of drug-likeness (QED) is 0.750. The predicted octanol–water partition coefficient (Wildman–Crippen LogP) is 1.89. The number of carbonyl (C=O) groups is 1. The average molecular weight is 208 g/mol. The number of fused-ring (bicyclic) bond motifs is 1. The number of hydrogen-bond donors (Lipinski definition) is 2. The second kappa shape index (κ2) is 2.95. The van der Waals surface area contributed by atoms with Crippen molar-refractivity contribution >= 4 is 32.7 Å². The summed E-state index contributed by atoms with van der Waals surface area (Å²) in [5, 5.41) is 9.31. The van der Waals surface area contributed by atoms with Crippen LogP contribution in [-0.2, 0) is 0 Å². The summed E-state index contributed by atoms with van der Waals surface area (Å²) in [6.45, 7) is 1.91. The molecule has 2 rings (SSSR count). The summed E-state index contributed by atoms with van der Waals surface area (Å²) in [6, 6.07) is 3.32. The van der Waals surface area contributed by atoms with Crippen LogP contribution in [0, 0.1) is 6.92 Å². The Morgan fingerprint density at radius 1 is 1.57 bits per heavy atom. The maximum Gasteiger partial charge on any atom is 0.337 e. The van der Waals surface area contributed by atoms with Crippen LogP contribution in [0.15, 0.2) is 12.1 Å². The summed E-state index contributed by atoms with van der Waals surface area (Å²) in [5.74, 6) is -0.972. The van der Waals surface area contributed by atoms with Gasteiger partial charge in [0.1, 0.15) is 0 Å². The second-order valence-corrected chi connectivity index (χ2v) is 4.00. The van der Waals surface area contributed by atoms with E-state index >= 15 is 0 Å². The topological polar surface area (TPSA) is 76.2 Å². The second-order valence-electron chi connectivity index (χ2n) is 2.97. The monoisotopic (exact) mass is 208 g/mol. The van der Waals surface area contributed by atoms with E-state index in [4.69, 9.17) is 10.8 Å². The normalized spacial score (nSPS) is 10.6. The third-order valence-corrected chi connectivity index (χ3v) is 3.01. The first kappa shape index (κ1) is 8.96. The minimum atomic E-state index is -0.972. The van der Waals surface area contributed by atoms with Gasteiger partial charge >= 0.3 is 5.97 Å². The van der Waals surface area contributed by atoms with Crippen LogP contribution in [0.1, 0.15) is 15.9 Å². The molecule has 0 saturated carbocycles. The fourth-order valence-corrected chi connectivity index (χ4v) is 2.15. The molecule has 0 unspecified atom stereocenters. The van der Waals surface area contributed by atoms with E-state index < -0.39 is 5.97 Å². The van der Waals surface area contributed by atoms with Gasteiger partial charge in [0.2, 0.25) is 0 Å². The Morgan fingerprint density at radius 3 is 2.93 bits per heavy atom. The van der Waals surface area contributed by atoms with Gasteiger partial charge in [0.15, 0.2) is 5.13 Å². The summed E-state index contributed by atoms with van der Waals surface area (Å²) < 4.78 is 0.849. The number of thiazole rings is 1. The van der Waals surface area contributed by atoms with Gasteiger partial charge in [-0.15, -0.1) is 0 Å². The number of benzene rings is 1. The molecule has 14 heavy (non-hydrogen) atoms. The van der Waals surface area contributed by atoms with Crippen molar-refractivity contribution in [2.45, 2.75) is 6.92 Å². The predicted molar refractivity (Wildman–Crippen MR) is 55.7 cm³/mol. The molecule has 2 aromatic rings. The molecule has 0 spiro atoms. The van der Waals surface area contributed by atoms with E-state index in [-0.39, 0.29) is 5.56 Å². The minimum absolute atomic E-state index is 0.207. The highest BCUT2D eigenvalue weighted by molar-refractivity contribution is 7.22. The van der Waals surface area contributed by atoms with E-state index in [2.05, 4.69) is 4.98 Å². The van der Waals surface area contributed by atoms with E-state index in [1.54, 1.807) is 12.1 Å². The molecule has 0 fully saturated rings. The number of nitrogens with two attached hydrogens (primary N) is 1. The van der Waals surface area contributed by atoms with Gasteiger partial charge in [-0.1, -0.05) is 17.4 Å². The van der Waals surface area contributed by atoms with Gasteiger partial charge in [-0.3, -0.25) is 0 Å². The van der Waals surface area contributed by atoms with Crippen molar-refractivity contribution in [3.05, 3.63) is 23.3 Å². The molecule has 1 aromatic carbocycles. The molecular weight excluding hydrogens is 200 g/mol. The summed E-state index contributed by atoms with van der Waals surface area (Å²) >= 11 is 1.31. The standard InChI is InChI=1S/C9H8N2O2S/c1-4-2-3-5(8(12)13)6-7(4)14-9(10)11-6/h2-3H,1H3,(H2,10,11)(H,12,13). The molecule has 1 heterocycles. The zero-order chi connectivity index (χ0) is 10.3. The van der Waals surface area contributed by atoms with E-state index in [0.717, 1.165) is 10.3 Å². The van der Waals surface area contributed by atoms with E-state index in [1.807, 2.05) is 6.92 Å². The summed E-state index contributed by atoms with van der Waals surface area (Å²) in [6.07, 6.45) is 0. The van der Waals surface area contributed by atoms with Crippen molar-refractivity contribution in [1.82, 2.24) is 4.98 Å². The summed E-state index contributed by atoms with van der Waals surface area (Å²) in [7, 11) is 0. The Bertz CT molecular complexity index is 519. The Morgan fingerprint density at radius 2 is 2.29 bits per heavy atom. The third kappa shape index (κ3) is 1.22. The highest BCUT2D eigenvalue weighted by Gasteiger charge is 2.13. The molecule has 5 heteroatoms. The van der Waals surface area contributed by atoms with E-state index in [0.29, 0.717) is 10.6 Å². The van der Waals surface area contributed by atoms with Gasteiger partial charge in [0, 0.05) is 0 Å². The first-order chi connectivity index (χ1) is 6.59. The van der Waals surface area contributed by atoms with Gasteiger partial charge in [0.25, 0.3) is 0 Å². The first-order valence-corrected chi connectivity index (χ1v) is 4.80. The number of aromatic carboxylic acids is 1. The van der Waals surface area contributed by atoms with Crippen LogP contribution in [0.3, 0.4) is 0 Å². The molecule has 3 N–H and O–H groups in total. The number of hydrogen-bond acceptors (Lipinski definition) is 4. The number of aromatic nitrogens is 1. The van der Waals surface area contributed by atoms with Gasteiger partial charge in [-0.25, -0.2) is 9.78 Å². The lowest BCUT2D eigenvalue weighted by Crippen LogP contribution is -1.97. The molecule has 0 radical (unpaired) electrons. The van der Waals surface area contributed by atoms with E-state index in [9.17, 15) is 4.79 Å². The van der Waals surface area contributed by atoms with Gasteiger partial charge in [0.05, 0.1) is 15.8 Å². The molecule has 1 aromatic heterocycles. The molecule has 0 bridgehead atoms. The minimum Gasteiger partial charge on any atom is -0.478 e. The van der Waals surface area contributed by atoms with Crippen LogP contribution < -0.4 is 5.73 Å². The van der Waals surface area contributed by atoms with Crippen molar-refractivity contribution in [2.75, 3.05) is 5.73 Å². The zero-order valence-electron chi connectivity index (χ0n) is 7.44. The third-order valence-electron chi connectivity index (χ3n) is 1.99. The Hall–Kier alpha value is -1.62. The average Bonchev–Trinajstić information content (AvgIpc) is 2.47. The maximum absolute atomic E-state index is 10.9. The SMILES string of the molecule is Cc1ccc(C(=O)O)c2nc(N)sc12. The smallest absolute Gasteiger partial charge is 0.337 e. The van der Waals surface area contributed by atoms with Crippen LogP contribution in [-0.4, -0.2) is 16.1 Å². The van der Waals surface area contributed by atoms with Gasteiger partial charge < -0.3 is 10.8 Å². The van der Waals surface area contributed by atoms with Crippen LogP contribution >= 0.6 is 11.3 Å². The van der Waals surface area contributed by atoms with Crippen LogP contribution in [0.5, 0.6) is 0 Å². The van der Waals surface area contributed by atoms with Crippen LogP contribution in [0.2, 0.25) is 0 Å². The number of carboxylic acid groups (broad SMARTS) is 1. The molecular formula is C9H8N2O2S. The number of carboxylic acids is 1. The molecule has 72 valence electrons. The van der Waals surface area contributed by atoms with Crippen molar-refractivity contribution in [2.24, 2.45) is 0 Å². The highest BCUT2D eigenvalue weighted by Crippen LogP contribution is 2.29. The molecule has 0 amide bonds. The zero-order valence-corrected chi connectivity index (χ0v) is 8.26. The molecule has 4 nitrogen and oxygen atoms in total. The fraction of sp³-hybridized carbons (Fsp3) is 0.111. The summed E-state index contributed by atoms with van der Waals surface area (Å²) in [5.41, 5.74) is 7.24. The highest BCUT2D eigenvalue weighted by atomic mass is 32.1. The molecule has 0 aliphatic rings. The Balaban J connectivity index is 2.87. The van der Waals surface area contributed by atoms with Crippen molar-refractivity contribution in [3.8, 4) is 0 Å². The number of nitrogens with zero attached hydrogens (tertiary/aromatic N) is 1. The number of anilines is 1. The lowest BCUT2D eigenvalue weighted by molar-refractivity contribution is 0.0699. The lowest BCUT2D eigenvalue weighted by atomic mass is 10.1. The Labute approximate surface area is 84.0 Å². The van der Waals surface area contributed by atoms with Crippen LogP contribution in [0.25, 0.3) is 10.2 Å². The number of aryl methyl sites for hydroxylation is 1. The van der Waals surface area contributed by atoms with Gasteiger partial charge in [-0.2, -0.15) is 0 Å². The molecule has 0 atom stereocenters.